The van der Waals surface area contributed by atoms with Gasteiger partial charge in [-0.25, -0.2) is 0 Å². The molecule has 0 nitrogen and oxygen atoms in total. The molecular weight excluding hydrogens is 171 g/mol. The lowest BCUT2D eigenvalue weighted by Crippen LogP contribution is -2.24. The summed E-state index contributed by atoms with van der Waals surface area (Å²) in [5, 5.41) is 3.33. The first-order chi connectivity index (χ1) is 6.40. The highest BCUT2D eigenvalue weighted by atomic mass is 27.2. The third-order valence-corrected chi connectivity index (χ3v) is 10.2. The second-order valence-electron chi connectivity index (χ2n) is 6.11. The van der Waals surface area contributed by atoms with Gasteiger partial charge < -0.3 is 0 Å². The van der Waals surface area contributed by atoms with Crippen molar-refractivity contribution in [3.63, 3.8) is 0 Å². The topological polar surface area (TPSA) is 0 Å². The van der Waals surface area contributed by atoms with Crippen LogP contribution >= 0.6 is 0 Å². The maximum absolute atomic E-state index is 2.48. The molecule has 2 bridgehead atoms. The zero-order valence-corrected chi connectivity index (χ0v) is 9.73. The highest BCUT2D eigenvalue weighted by molar-refractivity contribution is 6.61. The predicted molar refractivity (Wildman–Crippen MR) is 56.1 cm³/mol. The largest absolute Gasteiger partial charge is 0.266 e. The van der Waals surface area contributed by atoms with Crippen LogP contribution in [-0.4, -0.2) is 14.1 Å². The van der Waals surface area contributed by atoms with Crippen LogP contribution in [0.15, 0.2) is 0 Å². The van der Waals surface area contributed by atoms with E-state index in [1.807, 2.05) is 0 Å². The minimum absolute atomic E-state index is 0.227. The Kier molecular flexibility index (Phi) is 1.42. The molecule has 0 spiro atoms. The Balaban J connectivity index is 1.69. The lowest BCUT2D eigenvalue weighted by molar-refractivity contribution is 0.323. The number of hydrogen-bond donors (Lipinski definition) is 0. The van der Waals surface area contributed by atoms with Gasteiger partial charge in [0.2, 0.25) is 0 Å². The van der Waals surface area contributed by atoms with Gasteiger partial charge >= 0.3 is 0 Å². The zero-order chi connectivity index (χ0) is 8.58. The Morgan fingerprint density at radius 3 is 2.54 bits per heavy atom. The van der Waals surface area contributed by atoms with Gasteiger partial charge in [-0.1, -0.05) is 28.7 Å². The maximum Gasteiger partial charge on any atom is 0.266 e. The molecule has 0 N–H and O–H groups in total. The summed E-state index contributed by atoms with van der Waals surface area (Å²) in [4.78, 5) is 0. The number of hydrogen-bond acceptors (Lipinski definition) is 0. The van der Waals surface area contributed by atoms with Gasteiger partial charge in [0.1, 0.15) is 0 Å². The summed E-state index contributed by atoms with van der Waals surface area (Å²) in [6, 6.07) is 0. The zero-order valence-electron chi connectivity index (χ0n) is 8.58. The van der Waals surface area contributed by atoms with E-state index >= 15 is 0 Å². The van der Waals surface area contributed by atoms with Crippen LogP contribution < -0.4 is 0 Å². The van der Waals surface area contributed by atoms with Crippen LogP contribution in [0.2, 0.25) is 15.3 Å². The van der Waals surface area contributed by atoms with Gasteiger partial charge in [0, 0.05) is 0 Å². The van der Waals surface area contributed by atoms with Crippen molar-refractivity contribution in [3.8, 4) is 0 Å². The van der Waals surface area contributed by atoms with Crippen molar-refractivity contribution >= 4 is 14.1 Å². The van der Waals surface area contributed by atoms with Crippen molar-refractivity contribution in [2.75, 3.05) is 0 Å². The van der Waals surface area contributed by atoms with E-state index in [-0.39, 0.29) is 14.1 Å². The first-order valence-electron chi connectivity index (χ1n) is 6.40. The molecule has 4 aliphatic rings. The smallest absolute Gasteiger partial charge is 0.0965 e. The summed E-state index contributed by atoms with van der Waals surface area (Å²) < 4.78 is 1.35. The quantitative estimate of drug-likeness (QED) is 0.557. The second-order valence-corrected chi connectivity index (χ2v) is 9.80. The van der Waals surface area contributed by atoms with Crippen molar-refractivity contribution in [1.82, 2.24) is 0 Å². The van der Waals surface area contributed by atoms with E-state index < -0.39 is 0 Å². The second kappa shape index (κ2) is 2.37. The van der Waals surface area contributed by atoms with E-state index in [0.717, 1.165) is 0 Å². The summed E-state index contributed by atoms with van der Waals surface area (Å²) in [6.07, 6.45) is 5.01. The van der Waals surface area contributed by atoms with Crippen molar-refractivity contribution in [2.45, 2.75) is 41.5 Å². The van der Waals surface area contributed by atoms with Crippen molar-refractivity contribution in [1.29, 1.82) is 0 Å². The fourth-order valence-electron chi connectivity index (χ4n) is 5.60. The molecule has 1 heterocycles. The summed E-state index contributed by atoms with van der Waals surface area (Å²) in [5.41, 5.74) is 0. The van der Waals surface area contributed by atoms with Crippen LogP contribution in [0.3, 0.4) is 0 Å². The van der Waals surface area contributed by atoms with E-state index in [1.165, 1.54) is 34.4 Å². The average molecular weight is 190 g/mol. The number of rotatable bonds is 1. The van der Waals surface area contributed by atoms with E-state index in [9.17, 15) is 0 Å². The van der Waals surface area contributed by atoms with Gasteiger partial charge in [-0.15, -0.1) is 0 Å². The summed E-state index contributed by atoms with van der Waals surface area (Å²) in [6.45, 7) is 2.48. The molecule has 3 aliphatic carbocycles. The molecule has 1 saturated heterocycles. The Bertz CT molecular complexity index is 248. The van der Waals surface area contributed by atoms with Gasteiger partial charge in [0.25, 0.3) is 14.1 Å². The van der Waals surface area contributed by atoms with Crippen LogP contribution in [0.25, 0.3) is 0 Å². The highest BCUT2D eigenvalue weighted by Crippen LogP contribution is 2.74. The highest BCUT2D eigenvalue weighted by Gasteiger charge is 2.67. The molecular formula is C12H19Al. The third kappa shape index (κ3) is 0.806. The van der Waals surface area contributed by atoms with Crippen LogP contribution in [0.4, 0.5) is 0 Å². The van der Waals surface area contributed by atoms with Crippen LogP contribution in [0.1, 0.15) is 26.2 Å². The Morgan fingerprint density at radius 2 is 1.69 bits per heavy atom. The molecule has 6 unspecified atom stereocenters. The Labute approximate surface area is 85.5 Å². The fourth-order valence-corrected chi connectivity index (χ4v) is 10.1. The standard InChI is InChI=1S/C10H14.C2H5.Al/c1-2-6-3-7-4-8(6)10-5-9(7)10;1-2;/h3,6-10H,1-2,4-5H2;1H2,2H3;. The predicted octanol–water partition coefficient (Wildman–Crippen LogP) is 3.18. The number of fused-ring (bicyclic) bond motifs is 8. The minimum atomic E-state index is -0.227. The molecule has 0 aromatic rings. The molecule has 0 aromatic heterocycles. The molecule has 1 aliphatic heterocycles. The minimum Gasteiger partial charge on any atom is -0.0965 e. The SMILES string of the molecule is C[CH2][Al]1[CH2]CC2C3CC(C4CC34)[CH]21. The van der Waals surface area contributed by atoms with E-state index in [2.05, 4.69) is 6.92 Å². The van der Waals surface area contributed by atoms with E-state index in [1.54, 1.807) is 29.8 Å². The first-order valence-corrected chi connectivity index (χ1v) is 8.70. The first kappa shape index (κ1) is 7.78. The van der Waals surface area contributed by atoms with E-state index in [0.29, 0.717) is 0 Å². The molecule has 1 heteroatoms. The van der Waals surface area contributed by atoms with Gasteiger partial charge in [-0.2, -0.15) is 0 Å². The van der Waals surface area contributed by atoms with Gasteiger partial charge in [0.15, 0.2) is 0 Å². The van der Waals surface area contributed by atoms with Crippen molar-refractivity contribution in [3.05, 3.63) is 0 Å². The Hall–Kier alpha value is 0.532. The molecule has 0 amide bonds. The van der Waals surface area contributed by atoms with Crippen LogP contribution in [0.5, 0.6) is 0 Å². The summed E-state index contributed by atoms with van der Waals surface area (Å²) in [7, 11) is 0. The van der Waals surface area contributed by atoms with Gasteiger partial charge in [0.05, 0.1) is 0 Å². The fraction of sp³-hybridized carbons (Fsp3) is 1.00. The molecule has 3 saturated carbocycles. The van der Waals surface area contributed by atoms with Crippen molar-refractivity contribution < 1.29 is 0 Å². The normalized spacial score (nSPS) is 61.2. The maximum atomic E-state index is 2.48. The lowest BCUT2D eigenvalue weighted by atomic mass is 9.87. The monoisotopic (exact) mass is 190 g/mol. The van der Waals surface area contributed by atoms with E-state index in [4.69, 9.17) is 0 Å². The molecule has 70 valence electrons. The molecule has 4 rings (SSSR count). The Morgan fingerprint density at radius 1 is 1.00 bits per heavy atom. The molecule has 0 radical (unpaired) electrons. The third-order valence-electron chi connectivity index (χ3n) is 6.01. The molecule has 6 atom stereocenters. The van der Waals surface area contributed by atoms with Crippen molar-refractivity contribution in [2.24, 2.45) is 29.6 Å². The van der Waals surface area contributed by atoms with Crippen LogP contribution in [-0.2, 0) is 0 Å². The average Bonchev–Trinajstić information content (AvgIpc) is 2.59. The summed E-state index contributed by atoms with van der Waals surface area (Å²) in [5.74, 6) is 6.33. The molecule has 4 fully saturated rings. The summed E-state index contributed by atoms with van der Waals surface area (Å²) >= 11 is -0.227. The molecule has 0 aromatic carbocycles. The van der Waals surface area contributed by atoms with Gasteiger partial charge in [-0.3, -0.25) is 0 Å². The van der Waals surface area contributed by atoms with Crippen LogP contribution in [0, 0.1) is 29.6 Å². The lowest BCUT2D eigenvalue weighted by Gasteiger charge is -2.26. The molecule has 13 heavy (non-hydrogen) atoms. The van der Waals surface area contributed by atoms with Gasteiger partial charge in [-0.05, 0) is 42.4 Å².